The lowest BCUT2D eigenvalue weighted by Gasteiger charge is -2.32. The molecule has 1 aromatic carbocycles. The van der Waals surface area contributed by atoms with Crippen LogP contribution in [0.3, 0.4) is 0 Å². The van der Waals surface area contributed by atoms with Crippen LogP contribution in [-0.4, -0.2) is 60.4 Å². The van der Waals surface area contributed by atoms with E-state index in [1.807, 2.05) is 30.3 Å². The number of esters is 1. The van der Waals surface area contributed by atoms with Crippen molar-refractivity contribution in [2.45, 2.75) is 147 Å². The molecule has 1 fully saturated rings. The monoisotopic (exact) mass is 644 g/mol. The number of nitrogens with two attached hydrogens (primary N) is 1. The van der Waals surface area contributed by atoms with Crippen LogP contribution in [-0.2, 0) is 40.1 Å². The van der Waals surface area contributed by atoms with Crippen molar-refractivity contribution in [1.82, 2.24) is 16.0 Å². The minimum absolute atomic E-state index is 0.0200. The summed E-state index contributed by atoms with van der Waals surface area (Å²) in [4.78, 5) is 61.9. The van der Waals surface area contributed by atoms with E-state index in [0.717, 1.165) is 50.5 Å². The number of hydrogen-bond donors (Lipinski definition) is 4. The Morgan fingerprint density at radius 2 is 1.50 bits per heavy atom. The number of carbonyl (C=O) groups is 5. The molecule has 0 radical (unpaired) electrons. The van der Waals surface area contributed by atoms with Gasteiger partial charge in [0.1, 0.15) is 25.3 Å². The number of hydrogen-bond acceptors (Lipinski definition) is 7. The molecule has 1 aliphatic carbocycles. The van der Waals surface area contributed by atoms with E-state index in [0.29, 0.717) is 6.42 Å². The fourth-order valence-corrected chi connectivity index (χ4v) is 5.52. The quantitative estimate of drug-likeness (QED) is 0.102. The van der Waals surface area contributed by atoms with E-state index < -0.39 is 35.8 Å². The van der Waals surface area contributed by atoms with Crippen molar-refractivity contribution in [3.63, 3.8) is 0 Å². The zero-order valence-corrected chi connectivity index (χ0v) is 27.9. The highest BCUT2D eigenvalue weighted by molar-refractivity contribution is 5.91. The predicted molar refractivity (Wildman–Crippen MR) is 176 cm³/mol. The summed E-state index contributed by atoms with van der Waals surface area (Å²) in [5, 5.41) is 8.18. The fraction of sp³-hybridized carbons (Fsp3) is 0.686. The van der Waals surface area contributed by atoms with Gasteiger partial charge in [0, 0.05) is 12.8 Å². The van der Waals surface area contributed by atoms with E-state index in [-0.39, 0.29) is 44.1 Å². The molecule has 1 saturated carbocycles. The van der Waals surface area contributed by atoms with Crippen LogP contribution in [0.2, 0.25) is 0 Å². The number of amides is 4. The molecule has 0 spiro atoms. The Hall–Kier alpha value is -3.47. The van der Waals surface area contributed by atoms with Crippen molar-refractivity contribution >= 4 is 29.6 Å². The zero-order chi connectivity index (χ0) is 33.6. The van der Waals surface area contributed by atoms with Crippen molar-refractivity contribution in [2.24, 2.45) is 5.73 Å². The van der Waals surface area contributed by atoms with Crippen LogP contribution in [0.5, 0.6) is 0 Å². The van der Waals surface area contributed by atoms with E-state index >= 15 is 0 Å². The Morgan fingerprint density at radius 3 is 2.17 bits per heavy atom. The summed E-state index contributed by atoms with van der Waals surface area (Å²) < 4.78 is 11.1. The first-order valence-corrected chi connectivity index (χ1v) is 17.2. The molecule has 0 aromatic heterocycles. The van der Waals surface area contributed by atoms with Gasteiger partial charge in [-0.1, -0.05) is 101 Å². The summed E-state index contributed by atoms with van der Waals surface area (Å²) in [6, 6.07) is 6.95. The number of rotatable bonds is 23. The molecule has 0 heterocycles. The Balaban J connectivity index is 1.67. The molecule has 5 N–H and O–H groups in total. The number of primary amides is 1. The molecule has 258 valence electrons. The maximum Gasteiger partial charge on any atom is 0.306 e. The van der Waals surface area contributed by atoms with Gasteiger partial charge < -0.3 is 31.2 Å². The minimum Gasteiger partial charge on any atom is -0.461 e. The standard InChI is InChI=1S/C35H56N4O7/c1-3-4-5-6-7-8-9-10-14-21-31(40)38-28-19-15-16-20-30(28)45-25-32(41)37-26(2)35(44)39-29(34(36)43)22-23-33(42)46-24-27-17-12-11-13-18-27/h11-13,17-18,26,28-30H,3-10,14-16,19-25H2,1-2H3,(H2,36,43)(H,37,41)(H,38,40)(H,39,44)/t26-,28?,29+,30?/m0/s1. The molecule has 2 unspecified atom stereocenters. The molecule has 4 amide bonds. The van der Waals surface area contributed by atoms with Gasteiger partial charge in [-0.2, -0.15) is 0 Å². The maximum atomic E-state index is 12.7. The summed E-state index contributed by atoms with van der Waals surface area (Å²) in [5.74, 6) is -2.41. The Bertz CT molecular complexity index is 1070. The van der Waals surface area contributed by atoms with Gasteiger partial charge in [-0.3, -0.25) is 24.0 Å². The molecule has 4 atom stereocenters. The van der Waals surface area contributed by atoms with Crippen LogP contribution >= 0.6 is 0 Å². The van der Waals surface area contributed by atoms with Crippen LogP contribution < -0.4 is 21.7 Å². The third kappa shape index (κ3) is 16.7. The number of nitrogens with one attached hydrogen (secondary N) is 3. The molecule has 46 heavy (non-hydrogen) atoms. The average molecular weight is 645 g/mol. The van der Waals surface area contributed by atoms with Gasteiger partial charge in [-0.05, 0) is 38.2 Å². The van der Waals surface area contributed by atoms with Crippen molar-refractivity contribution in [3.8, 4) is 0 Å². The predicted octanol–water partition coefficient (Wildman–Crippen LogP) is 4.35. The summed E-state index contributed by atoms with van der Waals surface area (Å²) in [7, 11) is 0. The third-order valence-corrected chi connectivity index (χ3v) is 8.30. The highest BCUT2D eigenvalue weighted by atomic mass is 16.5. The van der Waals surface area contributed by atoms with E-state index in [2.05, 4.69) is 22.9 Å². The second kappa shape index (κ2) is 22.9. The van der Waals surface area contributed by atoms with E-state index in [1.54, 1.807) is 0 Å². The van der Waals surface area contributed by atoms with Gasteiger partial charge in [0.25, 0.3) is 0 Å². The topological polar surface area (TPSA) is 166 Å². The van der Waals surface area contributed by atoms with Crippen LogP contribution in [0.25, 0.3) is 0 Å². The highest BCUT2D eigenvalue weighted by Gasteiger charge is 2.29. The Kier molecular flexibility index (Phi) is 19.3. The second-order valence-corrected chi connectivity index (χ2v) is 12.3. The molecule has 1 aliphatic rings. The Labute approximate surface area is 274 Å². The van der Waals surface area contributed by atoms with E-state index in [4.69, 9.17) is 15.2 Å². The van der Waals surface area contributed by atoms with Gasteiger partial charge in [0.15, 0.2) is 0 Å². The van der Waals surface area contributed by atoms with Crippen molar-refractivity contribution in [1.29, 1.82) is 0 Å². The normalized spacial score (nSPS) is 17.3. The fourth-order valence-electron chi connectivity index (χ4n) is 5.52. The molecule has 0 saturated heterocycles. The molecule has 11 nitrogen and oxygen atoms in total. The largest absolute Gasteiger partial charge is 0.461 e. The van der Waals surface area contributed by atoms with Crippen LogP contribution in [0.1, 0.15) is 122 Å². The molecule has 1 aromatic rings. The highest BCUT2D eigenvalue weighted by Crippen LogP contribution is 2.22. The Morgan fingerprint density at radius 1 is 0.848 bits per heavy atom. The zero-order valence-electron chi connectivity index (χ0n) is 27.9. The van der Waals surface area contributed by atoms with Crippen molar-refractivity contribution in [2.75, 3.05) is 6.61 Å². The number of unbranched alkanes of at least 4 members (excludes halogenated alkanes) is 8. The summed E-state index contributed by atoms with van der Waals surface area (Å²) >= 11 is 0. The smallest absolute Gasteiger partial charge is 0.306 e. The maximum absolute atomic E-state index is 12.7. The molecular weight excluding hydrogens is 588 g/mol. The molecule has 11 heteroatoms. The first-order valence-electron chi connectivity index (χ1n) is 17.2. The molecule has 0 aliphatic heterocycles. The summed E-state index contributed by atoms with van der Waals surface area (Å²) in [5.41, 5.74) is 6.27. The lowest BCUT2D eigenvalue weighted by molar-refractivity contribution is -0.145. The summed E-state index contributed by atoms with van der Waals surface area (Å²) in [6.07, 6.45) is 14.3. The van der Waals surface area contributed by atoms with Gasteiger partial charge in [0.2, 0.25) is 23.6 Å². The van der Waals surface area contributed by atoms with Crippen molar-refractivity contribution in [3.05, 3.63) is 35.9 Å². The van der Waals surface area contributed by atoms with Crippen LogP contribution in [0.4, 0.5) is 0 Å². The molecular formula is C35H56N4O7. The van der Waals surface area contributed by atoms with Gasteiger partial charge >= 0.3 is 5.97 Å². The van der Waals surface area contributed by atoms with Crippen LogP contribution in [0, 0.1) is 0 Å². The summed E-state index contributed by atoms with van der Waals surface area (Å²) in [6.45, 7) is 3.54. The van der Waals surface area contributed by atoms with E-state index in [1.165, 1.54) is 45.4 Å². The number of carbonyl (C=O) groups excluding carboxylic acids is 5. The second-order valence-electron chi connectivity index (χ2n) is 12.3. The SMILES string of the molecule is CCCCCCCCCCCC(=O)NC1CCCCC1OCC(=O)N[C@@H](C)C(=O)N[C@H](CCC(=O)OCc1ccccc1)C(N)=O. The first-order chi connectivity index (χ1) is 22.2. The lowest BCUT2D eigenvalue weighted by atomic mass is 9.92. The van der Waals surface area contributed by atoms with Gasteiger partial charge in [-0.25, -0.2) is 0 Å². The van der Waals surface area contributed by atoms with Gasteiger partial charge in [-0.15, -0.1) is 0 Å². The average Bonchev–Trinajstić information content (AvgIpc) is 3.04. The molecule has 0 bridgehead atoms. The number of benzene rings is 1. The van der Waals surface area contributed by atoms with Crippen LogP contribution in [0.15, 0.2) is 30.3 Å². The molecule has 2 rings (SSSR count). The van der Waals surface area contributed by atoms with Gasteiger partial charge in [0.05, 0.1) is 12.1 Å². The minimum atomic E-state index is -1.10. The first kappa shape index (κ1) is 38.7. The lowest BCUT2D eigenvalue weighted by Crippen LogP contribution is -2.53. The number of ether oxygens (including phenoxy) is 2. The van der Waals surface area contributed by atoms with Crippen molar-refractivity contribution < 1.29 is 33.4 Å². The third-order valence-electron chi connectivity index (χ3n) is 8.30. The van der Waals surface area contributed by atoms with E-state index in [9.17, 15) is 24.0 Å².